The van der Waals surface area contributed by atoms with E-state index in [-0.39, 0.29) is 39.1 Å². The Bertz CT molecular complexity index is 1480. The van der Waals surface area contributed by atoms with Crippen LogP contribution in [0.5, 0.6) is 5.75 Å². The van der Waals surface area contributed by atoms with Crippen LogP contribution in [0.4, 0.5) is 5.69 Å². The first-order valence-electron chi connectivity index (χ1n) is 13.9. The number of anilines is 1. The normalized spacial score (nSPS) is 14.6. The van der Waals surface area contributed by atoms with Crippen molar-refractivity contribution in [2.75, 3.05) is 18.0 Å². The number of methoxy groups -OCH3 is 1. The Morgan fingerprint density at radius 3 is 2.29 bits per heavy atom. The first-order valence-corrected chi connectivity index (χ1v) is 16.1. The molecular formula is C31H35Cl2N3O5S. The van der Waals surface area contributed by atoms with E-state index in [0.717, 1.165) is 42.0 Å². The van der Waals surface area contributed by atoms with Crippen molar-refractivity contribution >= 4 is 50.7 Å². The van der Waals surface area contributed by atoms with Crippen molar-refractivity contribution < 1.29 is 22.7 Å². The summed E-state index contributed by atoms with van der Waals surface area (Å²) in [6, 6.07) is 18.5. The van der Waals surface area contributed by atoms with Crippen molar-refractivity contribution in [1.29, 1.82) is 0 Å². The third-order valence-electron chi connectivity index (χ3n) is 7.42. The molecule has 224 valence electrons. The highest BCUT2D eigenvalue weighted by molar-refractivity contribution is 7.92. The number of halogens is 2. The third-order valence-corrected chi connectivity index (χ3v) is 9.75. The van der Waals surface area contributed by atoms with E-state index in [9.17, 15) is 18.0 Å². The van der Waals surface area contributed by atoms with Gasteiger partial charge >= 0.3 is 0 Å². The van der Waals surface area contributed by atoms with Gasteiger partial charge in [-0.2, -0.15) is 0 Å². The number of amides is 2. The van der Waals surface area contributed by atoms with Gasteiger partial charge in [-0.3, -0.25) is 13.9 Å². The number of carbonyl (C=O) groups is 2. The molecule has 2 amide bonds. The molecule has 42 heavy (non-hydrogen) atoms. The maximum Gasteiger partial charge on any atom is 0.264 e. The number of benzene rings is 3. The second kappa shape index (κ2) is 14.3. The molecule has 0 aliphatic heterocycles. The molecule has 0 radical (unpaired) electrons. The Labute approximate surface area is 257 Å². The summed E-state index contributed by atoms with van der Waals surface area (Å²) in [6.07, 6.45) is 5.01. The number of hydrogen-bond acceptors (Lipinski definition) is 5. The molecule has 0 aromatic heterocycles. The second-order valence-electron chi connectivity index (χ2n) is 10.3. The SMILES string of the molecule is COc1ccc(CN(C(=O)CN(c2cc(Cl)ccc2Cl)S(=O)(=O)c2ccccc2)C(C)C(=O)NC2CCCCC2)cc1. The zero-order valence-corrected chi connectivity index (χ0v) is 26.0. The fourth-order valence-electron chi connectivity index (χ4n) is 4.99. The Hall–Kier alpha value is -3.27. The van der Waals surface area contributed by atoms with Gasteiger partial charge in [0.25, 0.3) is 10.0 Å². The lowest BCUT2D eigenvalue weighted by Crippen LogP contribution is -2.53. The smallest absolute Gasteiger partial charge is 0.264 e. The quantitative estimate of drug-likeness (QED) is 0.277. The highest BCUT2D eigenvalue weighted by atomic mass is 35.5. The van der Waals surface area contributed by atoms with Crippen LogP contribution in [-0.2, 0) is 26.2 Å². The fourth-order valence-corrected chi connectivity index (χ4v) is 6.87. The molecule has 0 saturated heterocycles. The number of rotatable bonds is 11. The maximum atomic E-state index is 14.1. The van der Waals surface area contributed by atoms with E-state index in [1.165, 1.54) is 35.2 Å². The molecule has 0 spiro atoms. The zero-order chi connectivity index (χ0) is 30.3. The number of nitrogens with zero attached hydrogens (tertiary/aromatic N) is 2. The van der Waals surface area contributed by atoms with E-state index in [0.29, 0.717) is 5.75 Å². The highest BCUT2D eigenvalue weighted by Gasteiger charge is 2.34. The monoisotopic (exact) mass is 631 g/mol. The number of nitrogens with one attached hydrogen (secondary N) is 1. The zero-order valence-electron chi connectivity index (χ0n) is 23.6. The van der Waals surface area contributed by atoms with Crippen LogP contribution in [0.25, 0.3) is 0 Å². The Morgan fingerprint density at radius 1 is 0.976 bits per heavy atom. The van der Waals surface area contributed by atoms with Crippen molar-refractivity contribution in [3.05, 3.63) is 88.4 Å². The van der Waals surface area contributed by atoms with Crippen molar-refractivity contribution in [3.63, 3.8) is 0 Å². The lowest BCUT2D eigenvalue weighted by molar-refractivity contribution is -0.139. The molecule has 8 nitrogen and oxygen atoms in total. The van der Waals surface area contributed by atoms with Gasteiger partial charge in [0.2, 0.25) is 11.8 Å². The molecule has 0 heterocycles. The Balaban J connectivity index is 1.69. The lowest BCUT2D eigenvalue weighted by Gasteiger charge is -2.33. The van der Waals surface area contributed by atoms with Gasteiger partial charge in [-0.25, -0.2) is 8.42 Å². The minimum Gasteiger partial charge on any atom is -0.497 e. The largest absolute Gasteiger partial charge is 0.497 e. The van der Waals surface area contributed by atoms with Crippen molar-refractivity contribution in [2.24, 2.45) is 0 Å². The van der Waals surface area contributed by atoms with Crippen molar-refractivity contribution in [1.82, 2.24) is 10.2 Å². The average Bonchev–Trinajstić information content (AvgIpc) is 3.00. The van der Waals surface area contributed by atoms with Crippen LogP contribution in [0.2, 0.25) is 10.0 Å². The first kappa shape index (κ1) is 31.7. The first-order chi connectivity index (χ1) is 20.1. The molecule has 1 unspecified atom stereocenters. The van der Waals surface area contributed by atoms with E-state index in [2.05, 4.69) is 5.32 Å². The molecule has 4 rings (SSSR count). The summed E-state index contributed by atoms with van der Waals surface area (Å²) >= 11 is 12.7. The summed E-state index contributed by atoms with van der Waals surface area (Å²) in [5.74, 6) is -0.217. The van der Waals surface area contributed by atoms with Gasteiger partial charge in [0, 0.05) is 17.6 Å². The van der Waals surface area contributed by atoms with Crippen molar-refractivity contribution in [3.8, 4) is 5.75 Å². The summed E-state index contributed by atoms with van der Waals surface area (Å²) in [6.45, 7) is 1.13. The topological polar surface area (TPSA) is 96.0 Å². The molecule has 0 bridgehead atoms. The number of carbonyl (C=O) groups excluding carboxylic acids is 2. The van der Waals surface area contributed by atoms with Gasteiger partial charge in [-0.05, 0) is 67.8 Å². The summed E-state index contributed by atoms with van der Waals surface area (Å²) in [5, 5.41) is 3.46. The Kier molecular flexibility index (Phi) is 10.8. The van der Waals surface area contributed by atoms with Crippen LogP contribution < -0.4 is 14.4 Å². The molecule has 3 aromatic rings. The minimum absolute atomic E-state index is 0.0152. The van der Waals surface area contributed by atoms with Gasteiger partial charge in [-0.1, -0.05) is 72.8 Å². The van der Waals surface area contributed by atoms with Crippen LogP contribution in [0.15, 0.2) is 77.7 Å². The van der Waals surface area contributed by atoms with Crippen LogP contribution in [-0.4, -0.2) is 50.9 Å². The number of ether oxygens (including phenoxy) is 1. The summed E-state index contributed by atoms with van der Waals surface area (Å²) in [4.78, 5) is 28.9. The lowest BCUT2D eigenvalue weighted by atomic mass is 9.95. The van der Waals surface area contributed by atoms with E-state index < -0.39 is 28.5 Å². The molecule has 1 atom stereocenters. The van der Waals surface area contributed by atoms with Crippen LogP contribution in [0, 0.1) is 0 Å². The standard InChI is InChI=1S/C31H35Cl2N3O5S/c1-22(31(38)34-25-9-5-3-6-10-25)35(20-23-13-16-26(41-2)17-14-23)30(37)21-36(29-19-24(32)15-18-28(29)33)42(39,40)27-11-7-4-8-12-27/h4,7-8,11-19,22,25H,3,5-6,9-10,20-21H2,1-2H3,(H,34,38). The number of hydrogen-bond donors (Lipinski definition) is 1. The van der Waals surface area contributed by atoms with Crippen LogP contribution in [0.3, 0.4) is 0 Å². The highest BCUT2D eigenvalue weighted by Crippen LogP contribution is 2.33. The molecule has 1 N–H and O–H groups in total. The molecule has 1 aliphatic rings. The fraction of sp³-hybridized carbons (Fsp3) is 0.355. The summed E-state index contributed by atoms with van der Waals surface area (Å²) in [5.41, 5.74) is 0.810. The minimum atomic E-state index is -4.25. The molecule has 11 heteroatoms. The van der Waals surface area contributed by atoms with Crippen LogP contribution >= 0.6 is 23.2 Å². The molecular weight excluding hydrogens is 597 g/mol. The van der Waals surface area contributed by atoms with E-state index in [1.54, 1.807) is 56.5 Å². The Morgan fingerprint density at radius 2 is 1.64 bits per heavy atom. The molecule has 1 saturated carbocycles. The maximum absolute atomic E-state index is 14.1. The van der Waals surface area contributed by atoms with E-state index in [4.69, 9.17) is 27.9 Å². The van der Waals surface area contributed by atoms with Gasteiger partial charge in [0.1, 0.15) is 18.3 Å². The second-order valence-corrected chi connectivity index (χ2v) is 13.0. The van der Waals surface area contributed by atoms with Crippen LogP contribution in [0.1, 0.15) is 44.6 Å². The van der Waals surface area contributed by atoms with Gasteiger partial charge in [0.05, 0.1) is 22.7 Å². The molecule has 1 aliphatic carbocycles. The van der Waals surface area contributed by atoms with Gasteiger partial charge < -0.3 is 15.0 Å². The average molecular weight is 633 g/mol. The van der Waals surface area contributed by atoms with Gasteiger partial charge in [0.15, 0.2) is 0 Å². The summed E-state index contributed by atoms with van der Waals surface area (Å²) in [7, 11) is -2.69. The number of sulfonamides is 1. The third kappa shape index (κ3) is 7.76. The van der Waals surface area contributed by atoms with Crippen molar-refractivity contribution in [2.45, 2.75) is 62.6 Å². The molecule has 1 fully saturated rings. The predicted octanol–water partition coefficient (Wildman–Crippen LogP) is 6.06. The van der Waals surface area contributed by atoms with E-state index in [1.807, 2.05) is 0 Å². The molecule has 3 aromatic carbocycles. The van der Waals surface area contributed by atoms with Gasteiger partial charge in [-0.15, -0.1) is 0 Å². The predicted molar refractivity (Wildman–Crippen MR) is 165 cm³/mol. The summed E-state index contributed by atoms with van der Waals surface area (Å²) < 4.78 is 34.0. The van der Waals surface area contributed by atoms with E-state index >= 15 is 0 Å².